The Labute approximate surface area is 175 Å². The number of aryl methyl sites for hydroxylation is 1. The Morgan fingerprint density at radius 1 is 1.10 bits per heavy atom. The lowest BCUT2D eigenvalue weighted by Crippen LogP contribution is -2.27. The first kappa shape index (κ1) is 20.0. The van der Waals surface area contributed by atoms with E-state index in [0.29, 0.717) is 5.75 Å². The summed E-state index contributed by atoms with van der Waals surface area (Å²) < 4.78 is 19.1. The van der Waals surface area contributed by atoms with Crippen LogP contribution in [-0.4, -0.2) is 24.2 Å². The van der Waals surface area contributed by atoms with Gasteiger partial charge in [0.05, 0.1) is 6.04 Å². The highest BCUT2D eigenvalue weighted by molar-refractivity contribution is 5.69. The summed E-state index contributed by atoms with van der Waals surface area (Å²) >= 11 is 0. The maximum Gasteiger partial charge on any atom is 0.341 e. The molecule has 0 saturated heterocycles. The fraction of sp³-hybridized carbons (Fsp3) is 0.240. The van der Waals surface area contributed by atoms with Gasteiger partial charge in [0.15, 0.2) is 6.61 Å². The second-order valence-corrected chi connectivity index (χ2v) is 7.44. The van der Waals surface area contributed by atoms with Crippen LogP contribution in [0.4, 0.5) is 10.1 Å². The van der Waals surface area contributed by atoms with E-state index in [1.807, 2.05) is 24.3 Å². The largest absolute Gasteiger partial charge is 0.482 e. The number of benzene rings is 3. The zero-order valence-electron chi connectivity index (χ0n) is 16.8. The molecule has 0 amide bonds. The van der Waals surface area contributed by atoms with Gasteiger partial charge in [-0.3, -0.25) is 0 Å². The molecule has 30 heavy (non-hydrogen) atoms. The predicted molar refractivity (Wildman–Crippen MR) is 115 cm³/mol. The van der Waals surface area contributed by atoms with E-state index in [1.54, 1.807) is 18.2 Å². The van der Waals surface area contributed by atoms with Crippen molar-refractivity contribution in [2.24, 2.45) is 0 Å². The Morgan fingerprint density at radius 3 is 2.67 bits per heavy atom. The van der Waals surface area contributed by atoms with Crippen molar-refractivity contribution in [2.45, 2.75) is 25.8 Å². The van der Waals surface area contributed by atoms with Crippen LogP contribution in [0.2, 0.25) is 0 Å². The molecule has 5 heteroatoms. The van der Waals surface area contributed by atoms with Gasteiger partial charge in [-0.25, -0.2) is 9.18 Å². The van der Waals surface area contributed by atoms with Crippen LogP contribution in [0, 0.1) is 5.82 Å². The van der Waals surface area contributed by atoms with E-state index >= 15 is 0 Å². The van der Waals surface area contributed by atoms with Crippen LogP contribution in [0.25, 0.3) is 11.1 Å². The van der Waals surface area contributed by atoms with Crippen LogP contribution in [0.3, 0.4) is 0 Å². The minimum atomic E-state index is -0.998. The number of hydrogen-bond acceptors (Lipinski definition) is 3. The van der Waals surface area contributed by atoms with Gasteiger partial charge >= 0.3 is 5.97 Å². The minimum Gasteiger partial charge on any atom is -0.482 e. The summed E-state index contributed by atoms with van der Waals surface area (Å²) in [4.78, 5) is 13.1. The molecular formula is C25H24FNO3. The average molecular weight is 405 g/mol. The molecule has 0 aliphatic heterocycles. The fourth-order valence-corrected chi connectivity index (χ4v) is 4.23. The highest BCUT2D eigenvalue weighted by atomic mass is 19.1. The summed E-state index contributed by atoms with van der Waals surface area (Å²) in [5, 5.41) is 8.86. The molecular weight excluding hydrogens is 381 g/mol. The number of halogens is 1. The van der Waals surface area contributed by atoms with E-state index in [2.05, 4.69) is 30.0 Å². The highest BCUT2D eigenvalue weighted by Gasteiger charge is 2.28. The number of carboxylic acids is 1. The van der Waals surface area contributed by atoms with Crippen LogP contribution in [0.1, 0.15) is 30.5 Å². The zero-order valence-corrected chi connectivity index (χ0v) is 16.8. The van der Waals surface area contributed by atoms with Crippen LogP contribution in [-0.2, 0) is 11.2 Å². The first-order chi connectivity index (χ1) is 14.5. The number of anilines is 1. The summed E-state index contributed by atoms with van der Waals surface area (Å²) in [6.45, 7) is 2.55. The Bertz CT molecular complexity index is 1070. The molecule has 0 aromatic heterocycles. The number of hydrogen-bond donors (Lipinski definition) is 1. The predicted octanol–water partition coefficient (Wildman–Crippen LogP) is 5.47. The third-order valence-electron chi connectivity index (χ3n) is 5.58. The van der Waals surface area contributed by atoms with Gasteiger partial charge in [-0.15, -0.1) is 0 Å². The Morgan fingerprint density at radius 2 is 1.90 bits per heavy atom. The lowest BCUT2D eigenvalue weighted by Gasteiger charge is -2.31. The normalized spacial score (nSPS) is 14.9. The number of rotatable bonds is 7. The van der Waals surface area contributed by atoms with E-state index in [4.69, 9.17) is 9.84 Å². The standard InChI is InChI=1S/C25H24FNO3/c1-2-27(21-7-4-8-22(15-21)30-16-25(28)29)24-12-11-17-9-10-19(14-23(17)24)18-5-3-6-20(26)13-18/h3-10,13-15,24H,2,11-12,16H2,1H3,(H,28,29). The monoisotopic (exact) mass is 405 g/mol. The van der Waals surface area contributed by atoms with E-state index in [-0.39, 0.29) is 18.5 Å². The first-order valence-electron chi connectivity index (χ1n) is 10.1. The van der Waals surface area contributed by atoms with Gasteiger partial charge in [0.1, 0.15) is 11.6 Å². The van der Waals surface area contributed by atoms with E-state index in [0.717, 1.165) is 36.2 Å². The van der Waals surface area contributed by atoms with Gasteiger partial charge in [-0.2, -0.15) is 0 Å². The van der Waals surface area contributed by atoms with Crippen molar-refractivity contribution >= 4 is 11.7 Å². The van der Waals surface area contributed by atoms with E-state index in [9.17, 15) is 9.18 Å². The lowest BCUT2D eigenvalue weighted by molar-refractivity contribution is -0.139. The van der Waals surface area contributed by atoms with Crippen molar-refractivity contribution in [3.8, 4) is 16.9 Å². The minimum absolute atomic E-state index is 0.202. The maximum absolute atomic E-state index is 13.7. The SMILES string of the molecule is CCN(c1cccc(OCC(=O)O)c1)C1CCc2ccc(-c3cccc(F)c3)cc21. The van der Waals surface area contributed by atoms with Crippen molar-refractivity contribution in [3.05, 3.63) is 83.7 Å². The second kappa shape index (κ2) is 8.57. The summed E-state index contributed by atoms with van der Waals surface area (Å²) in [5.41, 5.74) is 5.45. The number of carboxylic acid groups (broad SMARTS) is 1. The van der Waals surface area contributed by atoms with Crippen LogP contribution in [0.5, 0.6) is 5.75 Å². The van der Waals surface area contributed by atoms with Crippen LogP contribution >= 0.6 is 0 Å². The third-order valence-corrected chi connectivity index (χ3v) is 5.58. The molecule has 3 aromatic rings. The Kier molecular flexibility index (Phi) is 5.70. The molecule has 1 aliphatic rings. The Balaban J connectivity index is 1.64. The van der Waals surface area contributed by atoms with Gasteiger partial charge in [0.2, 0.25) is 0 Å². The molecule has 1 N–H and O–H groups in total. The first-order valence-corrected chi connectivity index (χ1v) is 10.1. The molecule has 0 radical (unpaired) electrons. The highest BCUT2D eigenvalue weighted by Crippen LogP contribution is 2.40. The van der Waals surface area contributed by atoms with Crippen molar-refractivity contribution in [1.82, 2.24) is 0 Å². The van der Waals surface area contributed by atoms with Crippen molar-refractivity contribution in [3.63, 3.8) is 0 Å². The lowest BCUT2D eigenvalue weighted by atomic mass is 9.98. The molecule has 154 valence electrons. The molecule has 1 aliphatic carbocycles. The van der Waals surface area contributed by atoms with Crippen molar-refractivity contribution in [2.75, 3.05) is 18.1 Å². The number of fused-ring (bicyclic) bond motifs is 1. The van der Waals surface area contributed by atoms with Gasteiger partial charge in [-0.05, 0) is 72.4 Å². The van der Waals surface area contributed by atoms with Gasteiger partial charge in [-0.1, -0.05) is 30.3 Å². The molecule has 1 atom stereocenters. The second-order valence-electron chi connectivity index (χ2n) is 7.44. The molecule has 1 unspecified atom stereocenters. The summed E-state index contributed by atoms with van der Waals surface area (Å²) in [7, 11) is 0. The summed E-state index contributed by atoms with van der Waals surface area (Å²) in [5.74, 6) is -0.694. The number of ether oxygens (including phenoxy) is 1. The molecule has 4 nitrogen and oxygen atoms in total. The van der Waals surface area contributed by atoms with Crippen LogP contribution in [0.15, 0.2) is 66.7 Å². The van der Waals surface area contributed by atoms with Crippen LogP contribution < -0.4 is 9.64 Å². The van der Waals surface area contributed by atoms with E-state index in [1.165, 1.54) is 17.2 Å². The summed E-state index contributed by atoms with van der Waals surface area (Å²) in [6, 6.07) is 20.8. The smallest absolute Gasteiger partial charge is 0.341 e. The molecule has 0 bridgehead atoms. The van der Waals surface area contributed by atoms with Gasteiger partial charge < -0.3 is 14.7 Å². The molecule has 0 heterocycles. The quantitative estimate of drug-likeness (QED) is 0.566. The van der Waals surface area contributed by atoms with Gasteiger partial charge in [0.25, 0.3) is 0 Å². The maximum atomic E-state index is 13.7. The van der Waals surface area contributed by atoms with Crippen molar-refractivity contribution < 1.29 is 19.0 Å². The molecule has 0 spiro atoms. The topological polar surface area (TPSA) is 49.8 Å². The third kappa shape index (κ3) is 4.15. The number of nitrogens with zero attached hydrogens (tertiary/aromatic N) is 1. The molecule has 3 aromatic carbocycles. The molecule has 4 rings (SSSR count). The van der Waals surface area contributed by atoms with E-state index < -0.39 is 5.97 Å². The number of carbonyl (C=O) groups is 1. The number of aliphatic carboxylic acids is 1. The zero-order chi connectivity index (χ0) is 21.1. The Hall–Kier alpha value is -3.34. The fourth-order valence-electron chi connectivity index (χ4n) is 4.23. The molecule has 0 fully saturated rings. The van der Waals surface area contributed by atoms with Gasteiger partial charge in [0, 0.05) is 18.3 Å². The average Bonchev–Trinajstić information content (AvgIpc) is 3.16. The molecule has 0 saturated carbocycles. The summed E-state index contributed by atoms with van der Waals surface area (Å²) in [6.07, 6.45) is 1.99. The van der Waals surface area contributed by atoms with Crippen molar-refractivity contribution in [1.29, 1.82) is 0 Å².